The van der Waals surface area contributed by atoms with E-state index in [1.807, 2.05) is 0 Å². The standard InChI is InChI=1S/C23H22O11/c1-9-17(28)21(32-10(2)24)19(30)23(31-9)34-22-18(29)16-14(27)7-13(26)8-15(16)33-20(22)11-3-5-12(25)6-4-11/h3-9,17,19,21,23,25-28,30H,1-2H3/t9-,17-,19-,21-,23-/m0/s1. The number of benzene rings is 2. The van der Waals surface area contributed by atoms with Crippen LogP contribution in [0.3, 0.4) is 0 Å². The maximum Gasteiger partial charge on any atom is 0.303 e. The van der Waals surface area contributed by atoms with Crippen LogP contribution in [0.25, 0.3) is 22.3 Å². The highest BCUT2D eigenvalue weighted by atomic mass is 16.7. The minimum absolute atomic E-state index is 0.0530. The van der Waals surface area contributed by atoms with E-state index >= 15 is 0 Å². The lowest BCUT2D eigenvalue weighted by Gasteiger charge is -2.40. The Morgan fingerprint density at radius 1 is 1.00 bits per heavy atom. The summed E-state index contributed by atoms with van der Waals surface area (Å²) in [5.41, 5.74) is -0.713. The number of carbonyl (C=O) groups is 1. The third-order valence-corrected chi connectivity index (χ3v) is 5.36. The summed E-state index contributed by atoms with van der Waals surface area (Å²) in [5, 5.41) is 50.3. The molecule has 0 unspecified atom stereocenters. The highest BCUT2D eigenvalue weighted by Gasteiger charge is 2.46. The van der Waals surface area contributed by atoms with Crippen LogP contribution in [0.2, 0.25) is 0 Å². The number of rotatable bonds is 4. The average Bonchev–Trinajstić information content (AvgIpc) is 2.76. The molecule has 11 nitrogen and oxygen atoms in total. The van der Waals surface area contributed by atoms with E-state index in [4.69, 9.17) is 18.6 Å². The number of phenols is 3. The first-order valence-corrected chi connectivity index (χ1v) is 10.2. The number of phenolic OH excluding ortho intramolecular Hbond substituents is 3. The monoisotopic (exact) mass is 474 g/mol. The third kappa shape index (κ3) is 4.23. The van der Waals surface area contributed by atoms with Crippen LogP contribution >= 0.6 is 0 Å². The molecular formula is C23H22O11. The van der Waals surface area contributed by atoms with Gasteiger partial charge in [-0.2, -0.15) is 0 Å². The smallest absolute Gasteiger partial charge is 0.303 e. The zero-order valence-electron chi connectivity index (χ0n) is 18.0. The molecule has 5 atom stereocenters. The SMILES string of the molecule is CC(=O)O[C@@H]1[C@H](O)[C@H](Oc2c(-c3ccc(O)cc3)oc3cc(O)cc(O)c3c2=O)O[C@@H](C)[C@@H]1O. The van der Waals surface area contributed by atoms with Crippen molar-refractivity contribution in [1.29, 1.82) is 0 Å². The summed E-state index contributed by atoms with van der Waals surface area (Å²) >= 11 is 0. The second-order valence-electron chi connectivity index (χ2n) is 7.86. The number of hydrogen-bond donors (Lipinski definition) is 5. The number of aliphatic hydroxyl groups is 2. The van der Waals surface area contributed by atoms with Gasteiger partial charge in [-0.1, -0.05) is 0 Å². The molecule has 0 aliphatic carbocycles. The molecule has 5 N–H and O–H groups in total. The molecule has 34 heavy (non-hydrogen) atoms. The fraction of sp³-hybridized carbons (Fsp3) is 0.304. The minimum Gasteiger partial charge on any atom is -0.508 e. The number of esters is 1. The van der Waals surface area contributed by atoms with Gasteiger partial charge in [0.1, 0.15) is 34.3 Å². The lowest BCUT2D eigenvalue weighted by molar-refractivity contribution is -0.272. The van der Waals surface area contributed by atoms with Gasteiger partial charge < -0.3 is 44.2 Å². The van der Waals surface area contributed by atoms with Crippen LogP contribution in [-0.2, 0) is 14.3 Å². The van der Waals surface area contributed by atoms with Crippen molar-refractivity contribution in [3.63, 3.8) is 0 Å². The lowest BCUT2D eigenvalue weighted by atomic mass is 9.99. The molecule has 2 aromatic carbocycles. The molecular weight excluding hydrogens is 452 g/mol. The Labute approximate surface area is 192 Å². The Bertz CT molecular complexity index is 1280. The number of aliphatic hydroxyl groups excluding tert-OH is 2. The Kier molecular flexibility index (Phi) is 6.09. The van der Waals surface area contributed by atoms with Gasteiger partial charge in [-0.05, 0) is 31.2 Å². The van der Waals surface area contributed by atoms with E-state index in [1.165, 1.54) is 31.2 Å². The van der Waals surface area contributed by atoms with Crippen molar-refractivity contribution in [2.45, 2.75) is 44.6 Å². The number of carbonyl (C=O) groups excluding carboxylic acids is 1. The van der Waals surface area contributed by atoms with Crippen molar-refractivity contribution < 1.29 is 49.0 Å². The Morgan fingerprint density at radius 3 is 2.32 bits per heavy atom. The largest absolute Gasteiger partial charge is 0.508 e. The van der Waals surface area contributed by atoms with E-state index in [9.17, 15) is 35.1 Å². The Morgan fingerprint density at radius 2 is 1.68 bits per heavy atom. The van der Waals surface area contributed by atoms with Gasteiger partial charge in [-0.15, -0.1) is 0 Å². The predicted molar refractivity (Wildman–Crippen MR) is 115 cm³/mol. The minimum atomic E-state index is -1.69. The molecule has 2 heterocycles. The van der Waals surface area contributed by atoms with Gasteiger partial charge in [0, 0.05) is 24.6 Å². The van der Waals surface area contributed by atoms with Crippen LogP contribution in [0, 0.1) is 0 Å². The van der Waals surface area contributed by atoms with Gasteiger partial charge in [-0.3, -0.25) is 9.59 Å². The first-order valence-electron chi connectivity index (χ1n) is 10.2. The topological polar surface area (TPSA) is 176 Å². The van der Waals surface area contributed by atoms with Gasteiger partial charge >= 0.3 is 5.97 Å². The number of aromatic hydroxyl groups is 3. The zero-order chi connectivity index (χ0) is 24.7. The van der Waals surface area contributed by atoms with Crippen LogP contribution in [-0.4, -0.2) is 62.2 Å². The predicted octanol–water partition coefficient (Wildman–Crippen LogP) is 1.35. The Balaban J connectivity index is 1.86. The molecule has 0 bridgehead atoms. The molecule has 3 aromatic rings. The maximum atomic E-state index is 13.4. The molecule has 0 amide bonds. The fourth-order valence-electron chi connectivity index (χ4n) is 3.72. The maximum absolute atomic E-state index is 13.4. The van der Waals surface area contributed by atoms with Crippen molar-refractivity contribution in [3.05, 3.63) is 46.6 Å². The summed E-state index contributed by atoms with van der Waals surface area (Å²) < 4.78 is 22.0. The van der Waals surface area contributed by atoms with E-state index in [2.05, 4.69) is 0 Å². The van der Waals surface area contributed by atoms with Gasteiger partial charge in [0.2, 0.25) is 17.5 Å². The van der Waals surface area contributed by atoms with Crippen LogP contribution < -0.4 is 10.2 Å². The van der Waals surface area contributed by atoms with E-state index in [1.54, 1.807) is 0 Å². The van der Waals surface area contributed by atoms with Crippen LogP contribution in [0.5, 0.6) is 23.0 Å². The van der Waals surface area contributed by atoms with E-state index in [0.29, 0.717) is 0 Å². The normalized spacial score (nSPS) is 24.6. The molecule has 180 valence electrons. The second-order valence-corrected chi connectivity index (χ2v) is 7.86. The lowest BCUT2D eigenvalue weighted by Crippen LogP contribution is -2.59. The summed E-state index contributed by atoms with van der Waals surface area (Å²) in [6.07, 6.45) is -6.98. The summed E-state index contributed by atoms with van der Waals surface area (Å²) in [4.78, 5) is 24.8. The van der Waals surface area contributed by atoms with Gasteiger partial charge in [-0.25, -0.2) is 0 Å². The molecule has 0 spiro atoms. The highest BCUT2D eigenvalue weighted by molar-refractivity contribution is 5.88. The quantitative estimate of drug-likeness (QED) is 0.345. The summed E-state index contributed by atoms with van der Waals surface area (Å²) in [6, 6.07) is 7.62. The first-order chi connectivity index (χ1) is 16.1. The first kappa shape index (κ1) is 23.4. The second kappa shape index (κ2) is 8.86. The number of fused-ring (bicyclic) bond motifs is 1. The molecule has 1 aliphatic heterocycles. The van der Waals surface area contributed by atoms with Gasteiger partial charge in [0.05, 0.1) is 6.10 Å². The molecule has 1 aliphatic rings. The van der Waals surface area contributed by atoms with Crippen molar-refractivity contribution >= 4 is 16.9 Å². The molecule has 11 heteroatoms. The molecule has 0 saturated carbocycles. The van der Waals surface area contributed by atoms with Gasteiger partial charge in [0.15, 0.2) is 18.0 Å². The van der Waals surface area contributed by atoms with Crippen molar-refractivity contribution in [3.8, 4) is 34.3 Å². The summed E-state index contributed by atoms with van der Waals surface area (Å²) in [6.45, 7) is 2.57. The average molecular weight is 474 g/mol. The molecule has 0 radical (unpaired) electrons. The molecule has 1 aromatic heterocycles. The van der Waals surface area contributed by atoms with Crippen molar-refractivity contribution in [2.24, 2.45) is 0 Å². The highest BCUT2D eigenvalue weighted by Crippen LogP contribution is 2.37. The van der Waals surface area contributed by atoms with E-state index in [0.717, 1.165) is 19.1 Å². The Hall–Kier alpha value is -3.80. The third-order valence-electron chi connectivity index (χ3n) is 5.36. The summed E-state index contributed by atoms with van der Waals surface area (Å²) in [5.74, 6) is -2.35. The van der Waals surface area contributed by atoms with E-state index in [-0.39, 0.29) is 33.8 Å². The molecule has 4 rings (SSSR count). The van der Waals surface area contributed by atoms with Crippen LogP contribution in [0.15, 0.2) is 45.6 Å². The fourth-order valence-corrected chi connectivity index (χ4v) is 3.72. The number of ether oxygens (including phenoxy) is 3. The zero-order valence-corrected chi connectivity index (χ0v) is 18.0. The molecule has 1 fully saturated rings. The van der Waals surface area contributed by atoms with Crippen LogP contribution in [0.1, 0.15) is 13.8 Å². The van der Waals surface area contributed by atoms with Gasteiger partial charge in [0.25, 0.3) is 0 Å². The molecule has 1 saturated heterocycles. The van der Waals surface area contributed by atoms with E-state index < -0.39 is 53.6 Å². The van der Waals surface area contributed by atoms with Crippen molar-refractivity contribution in [2.75, 3.05) is 0 Å². The van der Waals surface area contributed by atoms with Crippen molar-refractivity contribution in [1.82, 2.24) is 0 Å². The van der Waals surface area contributed by atoms with Crippen LogP contribution in [0.4, 0.5) is 0 Å². The summed E-state index contributed by atoms with van der Waals surface area (Å²) in [7, 11) is 0. The number of hydrogen-bond acceptors (Lipinski definition) is 11.